The molecule has 3 heteroatoms. The first-order chi connectivity index (χ1) is 8.02. The van der Waals surface area contributed by atoms with E-state index in [1.165, 1.54) is 0 Å². The second-order valence-corrected chi connectivity index (χ2v) is 5.31. The molecule has 2 rings (SSSR count). The third-order valence-corrected chi connectivity index (χ3v) is 3.42. The molecule has 0 radical (unpaired) electrons. The highest BCUT2D eigenvalue weighted by atomic mass is 16.3. The van der Waals surface area contributed by atoms with Crippen LogP contribution >= 0.6 is 0 Å². The average molecular weight is 235 g/mol. The van der Waals surface area contributed by atoms with Crippen LogP contribution in [0, 0.1) is 6.92 Å². The molecule has 1 heterocycles. The van der Waals surface area contributed by atoms with E-state index in [0.717, 1.165) is 36.2 Å². The molecule has 94 valence electrons. The Bertz CT molecular complexity index is 401. The van der Waals surface area contributed by atoms with Crippen molar-refractivity contribution in [2.75, 3.05) is 18.0 Å². The van der Waals surface area contributed by atoms with Gasteiger partial charge in [0.2, 0.25) is 0 Å². The molecule has 1 saturated heterocycles. The predicted octanol–water partition coefficient (Wildman–Crippen LogP) is 1.84. The molecule has 0 bridgehead atoms. The summed E-state index contributed by atoms with van der Waals surface area (Å²) in [5, 5.41) is 19.5. The molecule has 17 heavy (non-hydrogen) atoms. The standard InChI is InChI=1S/C14H21NO2/c1-11-4-5-13(12(8-11)9-16)15-7-3-6-14(2,17)10-15/h4-5,8,16-17H,3,6-7,9-10H2,1-2H3. The highest BCUT2D eigenvalue weighted by molar-refractivity contribution is 5.55. The number of hydrogen-bond donors (Lipinski definition) is 2. The summed E-state index contributed by atoms with van der Waals surface area (Å²) in [6.07, 6.45) is 1.84. The maximum Gasteiger partial charge on any atom is 0.0794 e. The van der Waals surface area contributed by atoms with Crippen molar-refractivity contribution in [2.24, 2.45) is 0 Å². The molecule has 0 saturated carbocycles. The van der Waals surface area contributed by atoms with Crippen LogP contribution in [0.15, 0.2) is 18.2 Å². The molecule has 1 unspecified atom stereocenters. The number of β-amino-alcohol motifs (C(OH)–C–C–N with tert-alkyl or cyclic N) is 1. The molecule has 0 amide bonds. The van der Waals surface area contributed by atoms with E-state index in [9.17, 15) is 10.2 Å². The lowest BCUT2D eigenvalue weighted by Gasteiger charge is -2.39. The van der Waals surface area contributed by atoms with E-state index in [-0.39, 0.29) is 6.61 Å². The van der Waals surface area contributed by atoms with Gasteiger partial charge in [0, 0.05) is 24.3 Å². The molecule has 1 fully saturated rings. The van der Waals surface area contributed by atoms with Crippen LogP contribution in [0.25, 0.3) is 0 Å². The summed E-state index contributed by atoms with van der Waals surface area (Å²) >= 11 is 0. The fourth-order valence-electron chi connectivity index (χ4n) is 2.58. The summed E-state index contributed by atoms with van der Waals surface area (Å²) in [4.78, 5) is 2.18. The number of aliphatic hydroxyl groups is 2. The summed E-state index contributed by atoms with van der Waals surface area (Å²) in [6.45, 7) is 5.55. The van der Waals surface area contributed by atoms with Gasteiger partial charge in [-0.3, -0.25) is 0 Å². The van der Waals surface area contributed by atoms with E-state index >= 15 is 0 Å². The highest BCUT2D eigenvalue weighted by Gasteiger charge is 2.29. The Labute approximate surface area is 103 Å². The van der Waals surface area contributed by atoms with Crippen molar-refractivity contribution >= 4 is 5.69 Å². The Hall–Kier alpha value is -1.06. The smallest absolute Gasteiger partial charge is 0.0794 e. The van der Waals surface area contributed by atoms with Gasteiger partial charge in [0.1, 0.15) is 0 Å². The van der Waals surface area contributed by atoms with Gasteiger partial charge in [0.25, 0.3) is 0 Å². The molecular formula is C14H21NO2. The molecule has 2 N–H and O–H groups in total. The Balaban J connectivity index is 2.27. The summed E-state index contributed by atoms with van der Waals surface area (Å²) in [5.74, 6) is 0. The molecule has 1 aliphatic rings. The van der Waals surface area contributed by atoms with E-state index in [0.29, 0.717) is 6.54 Å². The van der Waals surface area contributed by atoms with Crippen molar-refractivity contribution in [3.05, 3.63) is 29.3 Å². The van der Waals surface area contributed by atoms with E-state index in [1.54, 1.807) is 0 Å². The molecule has 3 nitrogen and oxygen atoms in total. The monoisotopic (exact) mass is 235 g/mol. The van der Waals surface area contributed by atoms with Crippen LogP contribution in [0.1, 0.15) is 30.9 Å². The fourth-order valence-corrected chi connectivity index (χ4v) is 2.58. The Morgan fingerprint density at radius 2 is 2.18 bits per heavy atom. The van der Waals surface area contributed by atoms with Crippen molar-refractivity contribution in [1.82, 2.24) is 0 Å². The minimum atomic E-state index is -0.615. The van der Waals surface area contributed by atoms with Gasteiger partial charge in [0.05, 0.1) is 12.2 Å². The van der Waals surface area contributed by atoms with Crippen LogP contribution in [-0.4, -0.2) is 28.9 Å². The number of nitrogens with zero attached hydrogens (tertiary/aromatic N) is 1. The van der Waals surface area contributed by atoms with E-state index in [2.05, 4.69) is 11.0 Å². The van der Waals surface area contributed by atoms with Gasteiger partial charge < -0.3 is 15.1 Å². The SMILES string of the molecule is Cc1ccc(N2CCCC(C)(O)C2)c(CO)c1. The summed E-state index contributed by atoms with van der Waals surface area (Å²) < 4.78 is 0. The first-order valence-electron chi connectivity index (χ1n) is 6.19. The summed E-state index contributed by atoms with van der Waals surface area (Å²) in [5.41, 5.74) is 2.54. The number of benzene rings is 1. The molecule has 1 aliphatic heterocycles. The summed E-state index contributed by atoms with van der Waals surface area (Å²) in [6, 6.07) is 6.11. The first kappa shape index (κ1) is 12.4. The number of hydrogen-bond acceptors (Lipinski definition) is 3. The Morgan fingerprint density at radius 3 is 2.82 bits per heavy atom. The van der Waals surface area contributed by atoms with Crippen molar-refractivity contribution in [3.63, 3.8) is 0 Å². The lowest BCUT2D eigenvalue weighted by Crippen LogP contribution is -2.46. The van der Waals surface area contributed by atoms with Crippen LogP contribution in [-0.2, 0) is 6.61 Å². The maximum absolute atomic E-state index is 10.1. The summed E-state index contributed by atoms with van der Waals surface area (Å²) in [7, 11) is 0. The number of piperidine rings is 1. The minimum absolute atomic E-state index is 0.0512. The molecule has 0 aliphatic carbocycles. The van der Waals surface area contributed by atoms with Gasteiger partial charge in [-0.05, 0) is 32.8 Å². The minimum Gasteiger partial charge on any atom is -0.392 e. The van der Waals surface area contributed by atoms with Crippen LogP contribution < -0.4 is 4.90 Å². The molecule has 1 atom stereocenters. The third-order valence-electron chi connectivity index (χ3n) is 3.42. The van der Waals surface area contributed by atoms with Crippen LogP contribution in [0.2, 0.25) is 0 Å². The van der Waals surface area contributed by atoms with Crippen LogP contribution in [0.5, 0.6) is 0 Å². The quantitative estimate of drug-likeness (QED) is 0.822. The average Bonchev–Trinajstić information content (AvgIpc) is 2.27. The molecule has 1 aromatic carbocycles. The van der Waals surface area contributed by atoms with Crippen molar-refractivity contribution < 1.29 is 10.2 Å². The topological polar surface area (TPSA) is 43.7 Å². The zero-order valence-corrected chi connectivity index (χ0v) is 10.6. The molecule has 0 spiro atoms. The zero-order valence-electron chi connectivity index (χ0n) is 10.6. The third kappa shape index (κ3) is 2.79. The van der Waals surface area contributed by atoms with E-state index in [4.69, 9.17) is 0 Å². The number of aliphatic hydroxyl groups excluding tert-OH is 1. The molecule has 0 aromatic heterocycles. The predicted molar refractivity (Wildman–Crippen MR) is 69.2 cm³/mol. The lowest BCUT2D eigenvalue weighted by atomic mass is 9.94. The van der Waals surface area contributed by atoms with Crippen molar-refractivity contribution in [3.8, 4) is 0 Å². The highest BCUT2D eigenvalue weighted by Crippen LogP contribution is 2.28. The lowest BCUT2D eigenvalue weighted by molar-refractivity contribution is 0.0448. The van der Waals surface area contributed by atoms with Gasteiger partial charge in [0.15, 0.2) is 0 Å². The Kier molecular flexibility index (Phi) is 3.40. The zero-order chi connectivity index (χ0) is 12.5. The maximum atomic E-state index is 10.1. The van der Waals surface area contributed by atoms with Gasteiger partial charge in [-0.15, -0.1) is 0 Å². The fraction of sp³-hybridized carbons (Fsp3) is 0.571. The second kappa shape index (κ2) is 4.67. The number of anilines is 1. The number of rotatable bonds is 2. The normalized spacial score (nSPS) is 25.1. The van der Waals surface area contributed by atoms with Crippen molar-refractivity contribution in [2.45, 2.75) is 38.9 Å². The largest absolute Gasteiger partial charge is 0.392 e. The Morgan fingerprint density at radius 1 is 1.41 bits per heavy atom. The second-order valence-electron chi connectivity index (χ2n) is 5.31. The van der Waals surface area contributed by atoms with Crippen LogP contribution in [0.3, 0.4) is 0 Å². The van der Waals surface area contributed by atoms with Gasteiger partial charge in [-0.2, -0.15) is 0 Å². The molecular weight excluding hydrogens is 214 g/mol. The van der Waals surface area contributed by atoms with Gasteiger partial charge in [-0.1, -0.05) is 17.7 Å². The van der Waals surface area contributed by atoms with Crippen molar-refractivity contribution in [1.29, 1.82) is 0 Å². The van der Waals surface area contributed by atoms with E-state index in [1.807, 2.05) is 26.0 Å². The first-order valence-corrected chi connectivity index (χ1v) is 6.19. The van der Waals surface area contributed by atoms with Gasteiger partial charge in [-0.25, -0.2) is 0 Å². The van der Waals surface area contributed by atoms with Crippen LogP contribution in [0.4, 0.5) is 5.69 Å². The number of aryl methyl sites for hydroxylation is 1. The van der Waals surface area contributed by atoms with Gasteiger partial charge >= 0.3 is 0 Å². The molecule has 1 aromatic rings. The van der Waals surface area contributed by atoms with E-state index < -0.39 is 5.60 Å².